The van der Waals surface area contributed by atoms with Gasteiger partial charge in [-0.3, -0.25) is 4.98 Å². The van der Waals surface area contributed by atoms with Gasteiger partial charge in [-0.15, -0.1) is 34.0 Å². The van der Waals surface area contributed by atoms with E-state index in [1.807, 2.05) is 52.3 Å². The van der Waals surface area contributed by atoms with Crippen molar-refractivity contribution in [1.29, 1.82) is 0 Å². The molecule has 13 aromatic heterocycles. The van der Waals surface area contributed by atoms with Crippen molar-refractivity contribution in [3.05, 3.63) is 485 Å². The standard InChI is InChI=1S/C47H28N4S.C47H28N2S.C41H24N4S/c1-3-12-29(13-4-1)37-26-24-31-22-23-32-25-27-38(49-44(32)43(31)48-37)33-16-11-17-34(28-33)51-40-21-10-8-19-36(40)47-45(51)41-42(30-14-5-2-6-15-30)50-39-20-9-7-18-35(39)46(41)52-47;1-2-12-30(13-3-1)44-43-45-47(50-46(43)38-18-8-10-20-41(38)48-44)39-19-9-11-21-42(39)49(45)32-25-22-29(23-26-32)31-24-27-37-35-16-5-4-14-33(35)34-15-6-7-17-36(34)40(37)28-31;1-2-9-26(10-3-1)36-35-39-41(46-40(35)30-12-4-6-14-33(30)44-36)31-13-5-7-15-34(31)45(39)29-21-18-25(19-22-29)32-23-20-28-17-16-27-11-8-24-42-37(27)38(28)43-32/h1-28H;1-28H;1-24H. The number of rotatable bonds is 10. The molecule has 0 saturated carbocycles. The Kier molecular flexibility index (Phi) is 19.7. The molecule has 0 unspecified atom stereocenters. The molecule has 148 heavy (non-hydrogen) atoms. The van der Waals surface area contributed by atoms with Crippen molar-refractivity contribution in [2.45, 2.75) is 0 Å². The molecule has 0 aliphatic carbocycles. The summed E-state index contributed by atoms with van der Waals surface area (Å²) < 4.78 is 15.0. The maximum atomic E-state index is 5.32. The number of pyridine rings is 7. The lowest BCUT2D eigenvalue weighted by molar-refractivity contribution is 1.19. The van der Waals surface area contributed by atoms with Crippen LogP contribution in [0.2, 0.25) is 0 Å². The van der Waals surface area contributed by atoms with Gasteiger partial charge in [0.2, 0.25) is 0 Å². The van der Waals surface area contributed by atoms with Crippen LogP contribution in [0.1, 0.15) is 0 Å². The molecule has 0 amide bonds. The zero-order valence-electron chi connectivity index (χ0n) is 79.4. The Bertz CT molecular complexity index is 11100. The lowest BCUT2D eigenvalue weighted by atomic mass is 9.92. The van der Waals surface area contributed by atoms with Gasteiger partial charge in [0.25, 0.3) is 0 Å². The maximum absolute atomic E-state index is 5.32. The highest BCUT2D eigenvalue weighted by Gasteiger charge is 2.29. The third kappa shape index (κ3) is 13.7. The largest absolute Gasteiger partial charge is 0.308 e. The van der Waals surface area contributed by atoms with Gasteiger partial charge in [-0.05, 0) is 147 Å². The molecule has 0 spiro atoms. The van der Waals surface area contributed by atoms with E-state index in [-0.39, 0.29) is 0 Å². The van der Waals surface area contributed by atoms with Crippen molar-refractivity contribution < 1.29 is 0 Å². The van der Waals surface area contributed by atoms with E-state index in [4.69, 9.17) is 29.9 Å². The van der Waals surface area contributed by atoms with Crippen molar-refractivity contribution in [3.8, 4) is 95.7 Å². The first-order valence-corrected chi connectivity index (χ1v) is 52.3. The first-order chi connectivity index (χ1) is 73.4. The summed E-state index contributed by atoms with van der Waals surface area (Å²) in [5.41, 5.74) is 32.1. The van der Waals surface area contributed by atoms with Crippen LogP contribution in [-0.4, -0.2) is 48.6 Å². The quantitative estimate of drug-likeness (QED) is 0.126. The molecule has 13 heteroatoms. The number of aromatic nitrogens is 10. The van der Waals surface area contributed by atoms with Gasteiger partial charge in [-0.2, -0.15) is 0 Å². The van der Waals surface area contributed by atoms with E-state index in [0.717, 1.165) is 145 Å². The maximum Gasteiger partial charge on any atom is 0.0972 e. The van der Waals surface area contributed by atoms with Gasteiger partial charge >= 0.3 is 0 Å². The third-order valence-corrected chi connectivity index (χ3v) is 33.3. The van der Waals surface area contributed by atoms with Crippen molar-refractivity contribution >= 4 is 236 Å². The Labute approximate surface area is 859 Å². The van der Waals surface area contributed by atoms with Crippen molar-refractivity contribution in [3.63, 3.8) is 0 Å². The van der Waals surface area contributed by atoms with Gasteiger partial charge in [-0.1, -0.05) is 376 Å². The molecule has 0 radical (unpaired) electrons. The number of para-hydroxylation sites is 6. The van der Waals surface area contributed by atoms with Crippen LogP contribution >= 0.6 is 34.0 Å². The van der Waals surface area contributed by atoms with E-state index in [2.05, 4.69) is 486 Å². The fourth-order valence-electron chi connectivity index (χ4n) is 22.7. The zero-order chi connectivity index (χ0) is 97.1. The molecule has 32 rings (SSSR count). The number of hydrogen-bond acceptors (Lipinski definition) is 10. The molecule has 0 aliphatic heterocycles. The van der Waals surface area contributed by atoms with Crippen LogP contribution in [0.3, 0.4) is 0 Å². The Balaban J connectivity index is 0.000000103. The molecule has 32 aromatic rings. The van der Waals surface area contributed by atoms with Gasteiger partial charge < -0.3 is 13.7 Å². The van der Waals surface area contributed by atoms with E-state index in [1.54, 1.807) is 0 Å². The Hall–Kier alpha value is -18.9. The van der Waals surface area contributed by atoms with E-state index in [1.165, 1.54) is 153 Å². The normalized spacial score (nSPS) is 11.9. The lowest BCUT2D eigenvalue weighted by Gasteiger charge is -2.13. The third-order valence-electron chi connectivity index (χ3n) is 29.5. The van der Waals surface area contributed by atoms with E-state index in [0.29, 0.717) is 0 Å². The van der Waals surface area contributed by atoms with E-state index >= 15 is 0 Å². The summed E-state index contributed by atoms with van der Waals surface area (Å²) >= 11 is 5.62. The summed E-state index contributed by atoms with van der Waals surface area (Å²) in [5, 5.41) is 23.0. The molecule has 10 nitrogen and oxygen atoms in total. The molecule has 0 aliphatic rings. The minimum Gasteiger partial charge on any atom is -0.308 e. The fraction of sp³-hybridized carbons (Fsp3) is 0. The van der Waals surface area contributed by atoms with Gasteiger partial charge in [0.15, 0.2) is 0 Å². The van der Waals surface area contributed by atoms with Gasteiger partial charge in [0.05, 0.1) is 120 Å². The number of fused-ring (bicyclic) bond motifs is 33. The zero-order valence-corrected chi connectivity index (χ0v) is 81.8. The molecule has 13 heterocycles. The average molecular weight is 1940 g/mol. The van der Waals surface area contributed by atoms with Crippen LogP contribution in [0.4, 0.5) is 0 Å². The highest BCUT2D eigenvalue weighted by molar-refractivity contribution is 7.28. The smallest absolute Gasteiger partial charge is 0.0972 e. The van der Waals surface area contributed by atoms with Crippen LogP contribution in [0.5, 0.6) is 0 Å². The summed E-state index contributed by atoms with van der Waals surface area (Å²) in [5.74, 6) is 0. The Morgan fingerprint density at radius 3 is 0.892 bits per heavy atom. The molecule has 0 fully saturated rings. The molecular formula is C135H80N10S3. The van der Waals surface area contributed by atoms with Crippen molar-refractivity contribution in [2.24, 2.45) is 0 Å². The highest BCUT2D eigenvalue weighted by Crippen LogP contribution is 2.53. The number of benzene rings is 19. The highest BCUT2D eigenvalue weighted by atomic mass is 32.1. The summed E-state index contributed by atoms with van der Waals surface area (Å²) in [7, 11) is 0. The molecule has 19 aromatic carbocycles. The summed E-state index contributed by atoms with van der Waals surface area (Å²) in [6.45, 7) is 0. The molecule has 0 N–H and O–H groups in total. The summed E-state index contributed by atoms with van der Waals surface area (Å²) in [6.07, 6.45) is 1.84. The number of thiophene rings is 3. The first-order valence-electron chi connectivity index (χ1n) is 49.9. The number of nitrogens with zero attached hydrogens (tertiary/aromatic N) is 10. The monoisotopic (exact) mass is 1940 g/mol. The van der Waals surface area contributed by atoms with Crippen molar-refractivity contribution in [2.75, 3.05) is 0 Å². The molecule has 688 valence electrons. The second-order valence-corrected chi connectivity index (χ2v) is 41.0. The van der Waals surface area contributed by atoms with Crippen LogP contribution in [0, 0.1) is 0 Å². The van der Waals surface area contributed by atoms with Gasteiger partial charge in [-0.25, -0.2) is 29.9 Å². The fourth-order valence-corrected chi connectivity index (χ4v) is 26.8. The SMILES string of the molecule is c1ccc(-c2ccc3ccc4ccc(-c5cccc(-n6c7ccccc7c7sc8c9ccccc9nc(-c9ccccc9)c8c76)c5)nc4c3n2)cc1.c1ccc(-c2nc3ccccc3c3sc4c5ccccc5n(-c5ccc(-c6ccc7c8ccccc8c8ccccc8c7c6)cc5)c4c23)cc1.c1ccc(-c2nc3ccccc3c3sc4c5ccccc5n(-c5ccc(-c6ccc7ccc8cccnc8c7n6)cc5)c4c23)cc1. The summed E-state index contributed by atoms with van der Waals surface area (Å²) in [6, 6.07) is 171. The van der Waals surface area contributed by atoms with Crippen LogP contribution in [0.15, 0.2) is 485 Å². The first kappa shape index (κ1) is 84.8. The van der Waals surface area contributed by atoms with Crippen LogP contribution < -0.4 is 0 Å². The van der Waals surface area contributed by atoms with Gasteiger partial charge in [0.1, 0.15) is 0 Å². The number of hydrogen-bond donors (Lipinski definition) is 0. The predicted molar refractivity (Wildman–Crippen MR) is 626 cm³/mol. The lowest BCUT2D eigenvalue weighted by Crippen LogP contribution is -1.96. The second-order valence-electron chi connectivity index (χ2n) is 37.9. The Morgan fingerprint density at radius 1 is 0.169 bits per heavy atom. The summed E-state index contributed by atoms with van der Waals surface area (Å²) in [4.78, 5) is 36.1. The molecule has 0 saturated heterocycles. The molecular weight excluding hydrogens is 1860 g/mol. The predicted octanol–water partition coefficient (Wildman–Crippen LogP) is 37.0. The van der Waals surface area contributed by atoms with Gasteiger partial charge in [0, 0.05) is 141 Å². The topological polar surface area (TPSA) is 105 Å². The molecule has 0 bridgehead atoms. The van der Waals surface area contributed by atoms with E-state index in [9.17, 15) is 0 Å². The minimum absolute atomic E-state index is 0.904. The minimum atomic E-state index is 0.904. The average Bonchev–Trinajstić information content (AvgIpc) is 1.55. The van der Waals surface area contributed by atoms with Crippen molar-refractivity contribution in [1.82, 2.24) is 48.6 Å². The van der Waals surface area contributed by atoms with E-state index < -0.39 is 0 Å². The molecule has 0 atom stereocenters. The van der Waals surface area contributed by atoms with Crippen LogP contribution in [-0.2, 0) is 0 Å². The van der Waals surface area contributed by atoms with Crippen LogP contribution in [0.25, 0.3) is 298 Å². The second kappa shape index (κ2) is 34.5. The Morgan fingerprint density at radius 2 is 0.473 bits per heavy atom.